The number of rotatable bonds is 5. The number of aliphatic carboxylic acids is 1. The Morgan fingerprint density at radius 2 is 1.75 bits per heavy atom. The Morgan fingerprint density at radius 3 is 2.42 bits per heavy atom. The number of benzene rings is 2. The first-order valence-electron chi connectivity index (χ1n) is 7.26. The molecule has 2 rings (SSSR count). The summed E-state index contributed by atoms with van der Waals surface area (Å²) in [6.07, 6.45) is 1.75. The van der Waals surface area contributed by atoms with Gasteiger partial charge < -0.3 is 10.4 Å². The number of azo groups is 1. The van der Waals surface area contributed by atoms with Crippen molar-refractivity contribution < 1.29 is 14.7 Å². The zero-order valence-electron chi connectivity index (χ0n) is 13.4. The molecule has 122 valence electrons. The summed E-state index contributed by atoms with van der Waals surface area (Å²) in [5, 5.41) is 19.5. The maximum Gasteiger partial charge on any atom is 0.328 e. The summed E-state index contributed by atoms with van der Waals surface area (Å²) >= 11 is 0. The molecular weight excluding hydrogens is 306 g/mol. The minimum absolute atomic E-state index is 0.505. The van der Waals surface area contributed by atoms with Gasteiger partial charge in [-0.15, -0.1) is 0 Å². The quantitative estimate of drug-likeness (QED) is 0.635. The second kappa shape index (κ2) is 7.82. The standard InChI is InChI=1S/C18H17N3O3/c1-12-5-3-4-6-16(12)21-20-14-7-8-15(13(2)11-14)19-17(22)9-10-18(23)24/h3-11H,1-2H3,(H,19,22)(H,23,24). The topological polar surface area (TPSA) is 91.1 Å². The lowest BCUT2D eigenvalue weighted by Crippen LogP contribution is -2.09. The van der Waals surface area contributed by atoms with Crippen molar-refractivity contribution in [2.75, 3.05) is 5.32 Å². The SMILES string of the molecule is Cc1ccccc1N=Nc1ccc(NC(=O)C=CC(=O)O)c(C)c1. The van der Waals surface area contributed by atoms with Crippen molar-refractivity contribution in [1.29, 1.82) is 0 Å². The Hall–Kier alpha value is -3.28. The summed E-state index contributed by atoms with van der Waals surface area (Å²) in [5.74, 6) is -1.68. The van der Waals surface area contributed by atoms with Gasteiger partial charge in [-0.1, -0.05) is 18.2 Å². The van der Waals surface area contributed by atoms with E-state index in [-0.39, 0.29) is 0 Å². The van der Waals surface area contributed by atoms with Gasteiger partial charge in [0.2, 0.25) is 5.91 Å². The van der Waals surface area contributed by atoms with Crippen LogP contribution < -0.4 is 5.32 Å². The fourth-order valence-corrected chi connectivity index (χ4v) is 1.96. The number of hydrogen-bond acceptors (Lipinski definition) is 4. The molecule has 0 saturated heterocycles. The van der Waals surface area contributed by atoms with Crippen LogP contribution in [0.4, 0.5) is 17.1 Å². The summed E-state index contributed by atoms with van der Waals surface area (Å²) in [7, 11) is 0. The third kappa shape index (κ3) is 4.88. The third-order valence-electron chi connectivity index (χ3n) is 3.23. The molecule has 0 unspecified atom stereocenters. The second-order valence-corrected chi connectivity index (χ2v) is 5.15. The molecule has 0 aliphatic rings. The first-order valence-corrected chi connectivity index (χ1v) is 7.26. The molecule has 0 atom stereocenters. The fraction of sp³-hybridized carbons (Fsp3) is 0.111. The summed E-state index contributed by atoms with van der Waals surface area (Å²) < 4.78 is 0. The van der Waals surface area contributed by atoms with Gasteiger partial charge in [-0.25, -0.2) is 4.79 Å². The Bertz CT molecular complexity index is 826. The van der Waals surface area contributed by atoms with Crippen LogP contribution in [0.15, 0.2) is 64.8 Å². The van der Waals surface area contributed by atoms with E-state index in [1.807, 2.05) is 38.1 Å². The molecule has 2 N–H and O–H groups in total. The van der Waals surface area contributed by atoms with Crippen LogP contribution in [0, 0.1) is 13.8 Å². The van der Waals surface area contributed by atoms with Crippen molar-refractivity contribution in [1.82, 2.24) is 0 Å². The van der Waals surface area contributed by atoms with Gasteiger partial charge in [0.15, 0.2) is 0 Å². The normalized spacial score (nSPS) is 11.1. The number of carbonyl (C=O) groups excluding carboxylic acids is 1. The van der Waals surface area contributed by atoms with Crippen LogP contribution >= 0.6 is 0 Å². The molecule has 0 aromatic heterocycles. The van der Waals surface area contributed by atoms with Crippen LogP contribution in [0.3, 0.4) is 0 Å². The van der Waals surface area contributed by atoms with Crippen LogP contribution in [0.5, 0.6) is 0 Å². The average molecular weight is 323 g/mol. The second-order valence-electron chi connectivity index (χ2n) is 5.15. The highest BCUT2D eigenvalue weighted by molar-refractivity contribution is 6.02. The molecule has 0 saturated carbocycles. The van der Waals surface area contributed by atoms with Gasteiger partial charge in [0, 0.05) is 17.8 Å². The van der Waals surface area contributed by atoms with E-state index in [4.69, 9.17) is 5.11 Å². The van der Waals surface area contributed by atoms with Crippen molar-refractivity contribution in [3.05, 3.63) is 65.7 Å². The zero-order valence-corrected chi connectivity index (χ0v) is 13.4. The number of hydrogen-bond donors (Lipinski definition) is 2. The van der Waals surface area contributed by atoms with Crippen molar-refractivity contribution in [3.8, 4) is 0 Å². The average Bonchev–Trinajstić information content (AvgIpc) is 2.54. The molecule has 6 heteroatoms. The van der Waals surface area contributed by atoms with Gasteiger partial charge >= 0.3 is 5.97 Å². The maximum atomic E-state index is 11.6. The third-order valence-corrected chi connectivity index (χ3v) is 3.23. The molecule has 6 nitrogen and oxygen atoms in total. The minimum Gasteiger partial charge on any atom is -0.478 e. The highest BCUT2D eigenvalue weighted by atomic mass is 16.4. The van der Waals surface area contributed by atoms with E-state index in [9.17, 15) is 9.59 Å². The van der Waals surface area contributed by atoms with Gasteiger partial charge in [-0.3, -0.25) is 4.79 Å². The molecule has 2 aromatic carbocycles. The molecule has 0 spiro atoms. The number of aryl methyl sites for hydroxylation is 2. The number of carboxylic acid groups (broad SMARTS) is 1. The summed E-state index contributed by atoms with van der Waals surface area (Å²) in [4.78, 5) is 22.0. The largest absolute Gasteiger partial charge is 0.478 e. The molecule has 0 radical (unpaired) electrons. The zero-order chi connectivity index (χ0) is 17.5. The predicted octanol–water partition coefficient (Wildman–Crippen LogP) is 4.30. The molecule has 1 amide bonds. The Morgan fingerprint density at radius 1 is 1.00 bits per heavy atom. The van der Waals surface area contributed by atoms with Crippen LogP contribution in [-0.2, 0) is 9.59 Å². The Kier molecular flexibility index (Phi) is 5.57. The Labute approximate surface area is 139 Å². The van der Waals surface area contributed by atoms with E-state index in [0.29, 0.717) is 11.4 Å². The number of carboxylic acids is 1. The highest BCUT2D eigenvalue weighted by Gasteiger charge is 2.03. The lowest BCUT2D eigenvalue weighted by Gasteiger charge is -2.06. The number of anilines is 1. The number of carbonyl (C=O) groups is 2. The molecule has 2 aromatic rings. The van der Waals surface area contributed by atoms with E-state index in [1.54, 1.807) is 18.2 Å². The number of amides is 1. The monoisotopic (exact) mass is 323 g/mol. The van der Waals surface area contributed by atoms with Crippen LogP contribution in [-0.4, -0.2) is 17.0 Å². The molecule has 0 heterocycles. The van der Waals surface area contributed by atoms with Crippen molar-refractivity contribution in [2.24, 2.45) is 10.2 Å². The van der Waals surface area contributed by atoms with Gasteiger partial charge in [0.25, 0.3) is 0 Å². The Balaban J connectivity index is 2.11. The van der Waals surface area contributed by atoms with Gasteiger partial charge in [0.05, 0.1) is 11.4 Å². The molecule has 0 fully saturated rings. The van der Waals surface area contributed by atoms with E-state index in [2.05, 4.69) is 15.5 Å². The molecule has 0 aliphatic carbocycles. The van der Waals surface area contributed by atoms with E-state index in [1.165, 1.54) is 0 Å². The molecule has 24 heavy (non-hydrogen) atoms. The lowest BCUT2D eigenvalue weighted by molar-refractivity contribution is -0.131. The maximum absolute atomic E-state index is 11.6. The van der Waals surface area contributed by atoms with Crippen LogP contribution in [0.25, 0.3) is 0 Å². The van der Waals surface area contributed by atoms with Crippen molar-refractivity contribution in [3.63, 3.8) is 0 Å². The lowest BCUT2D eigenvalue weighted by atomic mass is 10.2. The minimum atomic E-state index is -1.17. The highest BCUT2D eigenvalue weighted by Crippen LogP contribution is 2.25. The molecule has 0 bridgehead atoms. The summed E-state index contributed by atoms with van der Waals surface area (Å²) in [6.45, 7) is 3.78. The molecular formula is C18H17N3O3. The first kappa shape index (κ1) is 17.1. The predicted molar refractivity (Wildman–Crippen MR) is 91.9 cm³/mol. The van der Waals surface area contributed by atoms with Gasteiger partial charge in [-0.2, -0.15) is 10.2 Å². The fourth-order valence-electron chi connectivity index (χ4n) is 1.96. The number of nitrogens with one attached hydrogen (secondary N) is 1. The summed E-state index contributed by atoms with van der Waals surface area (Å²) in [5.41, 5.74) is 3.88. The summed E-state index contributed by atoms with van der Waals surface area (Å²) in [6, 6.07) is 12.9. The molecule has 0 aliphatic heterocycles. The van der Waals surface area contributed by atoms with Crippen LogP contribution in [0.1, 0.15) is 11.1 Å². The van der Waals surface area contributed by atoms with Crippen LogP contribution in [0.2, 0.25) is 0 Å². The van der Waals surface area contributed by atoms with Gasteiger partial charge in [0.1, 0.15) is 0 Å². The first-order chi connectivity index (χ1) is 11.5. The van der Waals surface area contributed by atoms with E-state index >= 15 is 0 Å². The van der Waals surface area contributed by atoms with Crippen molar-refractivity contribution in [2.45, 2.75) is 13.8 Å². The van der Waals surface area contributed by atoms with E-state index < -0.39 is 11.9 Å². The van der Waals surface area contributed by atoms with Crippen molar-refractivity contribution >= 4 is 28.9 Å². The number of nitrogens with zero attached hydrogens (tertiary/aromatic N) is 2. The smallest absolute Gasteiger partial charge is 0.328 e. The van der Waals surface area contributed by atoms with E-state index in [0.717, 1.165) is 29.0 Å². The van der Waals surface area contributed by atoms with Gasteiger partial charge in [-0.05, 0) is 49.2 Å².